The van der Waals surface area contributed by atoms with E-state index in [1.54, 1.807) is 18.2 Å². The number of nitrogens with one attached hydrogen (secondary N) is 1. The van der Waals surface area contributed by atoms with Gasteiger partial charge in [-0.25, -0.2) is 0 Å². The van der Waals surface area contributed by atoms with E-state index in [0.717, 1.165) is 23.4 Å². The number of anilines is 1. The third-order valence-corrected chi connectivity index (χ3v) is 5.40. The first kappa shape index (κ1) is 18.5. The van der Waals surface area contributed by atoms with Gasteiger partial charge in [-0.15, -0.1) is 0 Å². The molecule has 0 spiro atoms. The number of hydrogen-bond donors (Lipinski definition) is 1. The van der Waals surface area contributed by atoms with E-state index >= 15 is 0 Å². The van der Waals surface area contributed by atoms with Crippen LogP contribution in [0.15, 0.2) is 42.5 Å². The number of nitrogens with zero attached hydrogens (tertiary/aromatic N) is 1. The first-order valence-electron chi connectivity index (χ1n) is 8.21. The van der Waals surface area contributed by atoms with Gasteiger partial charge in [0, 0.05) is 17.1 Å². The fourth-order valence-electron chi connectivity index (χ4n) is 2.94. The lowest BCUT2D eigenvalue weighted by atomic mass is 10.1. The van der Waals surface area contributed by atoms with E-state index in [9.17, 15) is 4.79 Å². The molecule has 0 saturated heterocycles. The SMILES string of the molecule is CC(c1ccccc1Cl)N(CC(=O)Nc1c(Cl)cccc1Cl)C1CC1. The molecule has 1 aliphatic rings. The Morgan fingerprint density at radius 3 is 2.28 bits per heavy atom. The van der Waals surface area contributed by atoms with Crippen molar-refractivity contribution in [2.45, 2.75) is 31.8 Å². The van der Waals surface area contributed by atoms with Crippen LogP contribution in [0.5, 0.6) is 0 Å². The van der Waals surface area contributed by atoms with Gasteiger partial charge in [-0.1, -0.05) is 59.1 Å². The van der Waals surface area contributed by atoms with Crippen molar-refractivity contribution in [3.05, 3.63) is 63.1 Å². The average Bonchev–Trinajstić information content (AvgIpc) is 3.41. The molecule has 1 atom stereocenters. The Bertz CT molecular complexity index is 757. The van der Waals surface area contributed by atoms with E-state index in [1.165, 1.54) is 0 Å². The first-order chi connectivity index (χ1) is 12.0. The summed E-state index contributed by atoms with van der Waals surface area (Å²) in [7, 11) is 0. The van der Waals surface area contributed by atoms with Crippen LogP contribution in [-0.2, 0) is 4.79 Å². The minimum atomic E-state index is -0.138. The molecule has 6 heteroatoms. The van der Waals surface area contributed by atoms with Gasteiger partial charge in [-0.2, -0.15) is 0 Å². The van der Waals surface area contributed by atoms with Crippen LogP contribution in [0.25, 0.3) is 0 Å². The summed E-state index contributed by atoms with van der Waals surface area (Å²) in [6.07, 6.45) is 2.18. The Balaban J connectivity index is 1.74. The molecule has 2 aromatic rings. The number of hydrogen-bond acceptors (Lipinski definition) is 2. The summed E-state index contributed by atoms with van der Waals surface area (Å²) in [6.45, 7) is 2.34. The highest BCUT2D eigenvalue weighted by atomic mass is 35.5. The van der Waals surface area contributed by atoms with Crippen LogP contribution in [-0.4, -0.2) is 23.4 Å². The molecule has 132 valence electrons. The number of benzene rings is 2. The summed E-state index contributed by atoms with van der Waals surface area (Å²) in [5.41, 5.74) is 1.48. The Labute approximate surface area is 162 Å². The molecule has 25 heavy (non-hydrogen) atoms. The van der Waals surface area contributed by atoms with Crippen LogP contribution in [0.2, 0.25) is 15.1 Å². The molecular weight excluding hydrogens is 379 g/mol. The molecule has 3 rings (SSSR count). The molecule has 1 saturated carbocycles. The first-order valence-corrected chi connectivity index (χ1v) is 9.35. The van der Waals surface area contributed by atoms with Crippen molar-refractivity contribution in [1.82, 2.24) is 4.90 Å². The van der Waals surface area contributed by atoms with Gasteiger partial charge in [-0.3, -0.25) is 9.69 Å². The molecule has 1 fully saturated rings. The predicted molar refractivity (Wildman–Crippen MR) is 105 cm³/mol. The zero-order chi connectivity index (χ0) is 18.0. The molecule has 1 amide bonds. The van der Waals surface area contributed by atoms with Crippen LogP contribution in [0.3, 0.4) is 0 Å². The molecule has 0 bridgehead atoms. The van der Waals surface area contributed by atoms with E-state index in [4.69, 9.17) is 34.8 Å². The fourth-order valence-corrected chi connectivity index (χ4v) is 3.73. The summed E-state index contributed by atoms with van der Waals surface area (Å²) in [5, 5.41) is 4.41. The highest BCUT2D eigenvalue weighted by molar-refractivity contribution is 6.39. The van der Waals surface area contributed by atoms with Crippen molar-refractivity contribution in [2.75, 3.05) is 11.9 Å². The second kappa shape index (κ2) is 7.96. The second-order valence-corrected chi connectivity index (χ2v) is 7.47. The number of amides is 1. The van der Waals surface area contributed by atoms with E-state index < -0.39 is 0 Å². The predicted octanol–water partition coefficient (Wildman–Crippen LogP) is 5.81. The van der Waals surface area contributed by atoms with Gasteiger partial charge in [0.15, 0.2) is 0 Å². The van der Waals surface area contributed by atoms with Crippen molar-refractivity contribution in [3.63, 3.8) is 0 Å². The summed E-state index contributed by atoms with van der Waals surface area (Å²) in [4.78, 5) is 14.8. The zero-order valence-corrected chi connectivity index (χ0v) is 16.1. The number of halogens is 3. The van der Waals surface area contributed by atoms with Gasteiger partial charge < -0.3 is 5.32 Å². The quantitative estimate of drug-likeness (QED) is 0.667. The van der Waals surface area contributed by atoms with Crippen LogP contribution in [0.1, 0.15) is 31.4 Å². The maximum Gasteiger partial charge on any atom is 0.238 e. The van der Waals surface area contributed by atoms with Gasteiger partial charge in [-0.05, 0) is 43.5 Å². The van der Waals surface area contributed by atoms with Crippen molar-refractivity contribution in [1.29, 1.82) is 0 Å². The molecule has 2 aromatic carbocycles. The second-order valence-electron chi connectivity index (χ2n) is 6.25. The molecule has 3 nitrogen and oxygen atoms in total. The minimum absolute atomic E-state index is 0.0497. The number of carbonyl (C=O) groups excluding carboxylic acids is 1. The van der Waals surface area contributed by atoms with Crippen molar-refractivity contribution >= 4 is 46.4 Å². The molecule has 1 N–H and O–H groups in total. The highest BCUT2D eigenvalue weighted by Crippen LogP contribution is 2.36. The van der Waals surface area contributed by atoms with Gasteiger partial charge in [0.25, 0.3) is 0 Å². The minimum Gasteiger partial charge on any atom is -0.322 e. The van der Waals surface area contributed by atoms with Gasteiger partial charge in [0.05, 0.1) is 22.3 Å². The Hall–Kier alpha value is -1.26. The molecular formula is C19H19Cl3N2O. The standard InChI is InChI=1S/C19H19Cl3N2O/c1-12(14-5-2-3-6-15(14)20)24(13-9-10-13)11-18(25)23-19-16(21)7-4-8-17(19)22/h2-8,12-13H,9-11H2,1H3,(H,23,25). The van der Waals surface area contributed by atoms with Gasteiger partial charge in [0.2, 0.25) is 5.91 Å². The van der Waals surface area contributed by atoms with E-state index in [-0.39, 0.29) is 18.5 Å². The molecule has 0 aromatic heterocycles. The summed E-state index contributed by atoms with van der Waals surface area (Å²) < 4.78 is 0. The molecule has 0 heterocycles. The summed E-state index contributed by atoms with van der Waals surface area (Å²) >= 11 is 18.6. The zero-order valence-electron chi connectivity index (χ0n) is 13.8. The summed E-state index contributed by atoms with van der Waals surface area (Å²) in [6, 6.07) is 13.4. The van der Waals surface area contributed by atoms with Crippen molar-refractivity contribution < 1.29 is 4.79 Å². The lowest BCUT2D eigenvalue weighted by Crippen LogP contribution is -2.37. The lowest BCUT2D eigenvalue weighted by molar-refractivity contribution is -0.118. The maximum atomic E-state index is 12.6. The lowest BCUT2D eigenvalue weighted by Gasteiger charge is -2.29. The number of carbonyl (C=O) groups is 1. The topological polar surface area (TPSA) is 32.3 Å². The third-order valence-electron chi connectivity index (χ3n) is 4.42. The maximum absolute atomic E-state index is 12.6. The molecule has 1 unspecified atom stereocenters. The molecule has 0 radical (unpaired) electrons. The normalized spacial score (nSPS) is 15.2. The van der Waals surface area contributed by atoms with E-state index in [0.29, 0.717) is 21.8 Å². The Morgan fingerprint density at radius 1 is 1.08 bits per heavy atom. The van der Waals surface area contributed by atoms with Gasteiger partial charge >= 0.3 is 0 Å². The number of rotatable bonds is 6. The monoisotopic (exact) mass is 396 g/mol. The Morgan fingerprint density at radius 2 is 1.68 bits per heavy atom. The Kier molecular flexibility index (Phi) is 5.90. The van der Waals surface area contributed by atoms with Crippen molar-refractivity contribution in [3.8, 4) is 0 Å². The van der Waals surface area contributed by atoms with Crippen LogP contribution in [0, 0.1) is 0 Å². The third kappa shape index (κ3) is 4.48. The number of para-hydroxylation sites is 1. The van der Waals surface area contributed by atoms with E-state index in [2.05, 4.69) is 17.1 Å². The van der Waals surface area contributed by atoms with E-state index in [1.807, 2.05) is 24.3 Å². The van der Waals surface area contributed by atoms with Crippen molar-refractivity contribution in [2.24, 2.45) is 0 Å². The fraction of sp³-hybridized carbons (Fsp3) is 0.316. The van der Waals surface area contributed by atoms with Crippen LogP contribution in [0.4, 0.5) is 5.69 Å². The van der Waals surface area contributed by atoms with Gasteiger partial charge in [0.1, 0.15) is 0 Å². The van der Waals surface area contributed by atoms with Crippen LogP contribution < -0.4 is 5.32 Å². The smallest absolute Gasteiger partial charge is 0.238 e. The highest BCUT2D eigenvalue weighted by Gasteiger charge is 2.34. The van der Waals surface area contributed by atoms with Crippen LogP contribution >= 0.6 is 34.8 Å². The molecule has 0 aliphatic heterocycles. The molecule has 1 aliphatic carbocycles. The average molecular weight is 398 g/mol. The summed E-state index contributed by atoms with van der Waals surface area (Å²) in [5.74, 6) is -0.138. The largest absolute Gasteiger partial charge is 0.322 e.